The van der Waals surface area contributed by atoms with Crippen molar-refractivity contribution in [2.45, 2.75) is 18.6 Å². The first kappa shape index (κ1) is 17.4. The number of nitrogens with zero attached hydrogens (tertiary/aromatic N) is 3. The Morgan fingerprint density at radius 1 is 1.19 bits per heavy atom. The van der Waals surface area contributed by atoms with Gasteiger partial charge in [-0.3, -0.25) is 9.20 Å². The highest BCUT2D eigenvalue weighted by Gasteiger charge is 2.26. The van der Waals surface area contributed by atoms with Gasteiger partial charge in [0.15, 0.2) is 0 Å². The molecule has 4 rings (SSSR count). The summed E-state index contributed by atoms with van der Waals surface area (Å²) < 4.78 is 1.89. The second kappa shape index (κ2) is 7.33. The number of carbonyl (C=O) groups is 1. The van der Waals surface area contributed by atoms with Gasteiger partial charge in [0.05, 0.1) is 5.69 Å². The highest BCUT2D eigenvalue weighted by molar-refractivity contribution is 7.99. The van der Waals surface area contributed by atoms with Gasteiger partial charge in [0.1, 0.15) is 11.3 Å². The molecule has 0 N–H and O–H groups in total. The van der Waals surface area contributed by atoms with Crippen LogP contribution in [-0.2, 0) is 0 Å². The van der Waals surface area contributed by atoms with Crippen LogP contribution in [0.3, 0.4) is 0 Å². The van der Waals surface area contributed by atoms with E-state index in [4.69, 9.17) is 11.6 Å². The van der Waals surface area contributed by atoms with Gasteiger partial charge >= 0.3 is 0 Å². The average Bonchev–Trinajstić information content (AvgIpc) is 2.81. The second-order valence-electron chi connectivity index (χ2n) is 6.44. The molecule has 3 heterocycles. The summed E-state index contributed by atoms with van der Waals surface area (Å²) in [6.07, 6.45) is 2.80. The third kappa shape index (κ3) is 3.21. The number of carbonyl (C=O) groups excluding carboxylic acids is 1. The Kier molecular flexibility index (Phi) is 4.92. The van der Waals surface area contributed by atoms with Crippen molar-refractivity contribution in [1.82, 2.24) is 14.3 Å². The summed E-state index contributed by atoms with van der Waals surface area (Å²) in [6.45, 7) is 3.37. The number of fused-ring (bicyclic) bond motifs is 1. The van der Waals surface area contributed by atoms with Gasteiger partial charge in [0.2, 0.25) is 0 Å². The minimum Gasteiger partial charge on any atom is -0.336 e. The number of thioether (sulfide) groups is 1. The third-order valence-corrected chi connectivity index (χ3v) is 6.44. The molecule has 2 aromatic heterocycles. The number of benzene rings is 1. The van der Waals surface area contributed by atoms with Crippen LogP contribution in [0.25, 0.3) is 5.65 Å². The number of hydrogen-bond donors (Lipinski definition) is 0. The minimum absolute atomic E-state index is 0.0570. The van der Waals surface area contributed by atoms with Gasteiger partial charge in [-0.1, -0.05) is 35.9 Å². The monoisotopic (exact) mass is 385 g/mol. The highest BCUT2D eigenvalue weighted by atomic mass is 35.5. The molecular weight excluding hydrogens is 366 g/mol. The van der Waals surface area contributed by atoms with Crippen molar-refractivity contribution in [1.29, 1.82) is 0 Å². The first-order valence-electron chi connectivity index (χ1n) is 8.74. The molecule has 1 saturated heterocycles. The largest absolute Gasteiger partial charge is 0.336 e. The summed E-state index contributed by atoms with van der Waals surface area (Å²) in [5, 5.41) is 1.13. The van der Waals surface area contributed by atoms with Crippen LogP contribution in [0.4, 0.5) is 0 Å². The lowest BCUT2D eigenvalue weighted by atomic mass is 10.1. The number of halogens is 1. The van der Waals surface area contributed by atoms with Crippen molar-refractivity contribution in [2.75, 3.05) is 18.8 Å². The van der Waals surface area contributed by atoms with Gasteiger partial charge in [-0.15, -0.1) is 0 Å². The van der Waals surface area contributed by atoms with Gasteiger partial charge in [0.25, 0.3) is 5.91 Å². The van der Waals surface area contributed by atoms with Crippen LogP contribution in [0.5, 0.6) is 0 Å². The quantitative estimate of drug-likeness (QED) is 0.646. The average molecular weight is 386 g/mol. The summed E-state index contributed by atoms with van der Waals surface area (Å²) >= 11 is 8.25. The first-order chi connectivity index (χ1) is 12.6. The summed E-state index contributed by atoms with van der Waals surface area (Å²) in [4.78, 5) is 19.7. The Bertz CT molecular complexity index is 955. The van der Waals surface area contributed by atoms with Crippen LogP contribution >= 0.6 is 23.4 Å². The molecule has 0 radical (unpaired) electrons. The fourth-order valence-electron chi connectivity index (χ4n) is 3.48. The van der Waals surface area contributed by atoms with Gasteiger partial charge in [-0.2, -0.15) is 11.8 Å². The van der Waals surface area contributed by atoms with E-state index in [1.807, 2.05) is 70.6 Å². The maximum absolute atomic E-state index is 13.2. The predicted octanol–water partition coefficient (Wildman–Crippen LogP) is 4.62. The fourth-order valence-corrected chi connectivity index (χ4v) is 5.08. The maximum atomic E-state index is 13.2. The van der Waals surface area contributed by atoms with Crippen LogP contribution in [0.1, 0.15) is 33.4 Å². The Morgan fingerprint density at radius 2 is 2.00 bits per heavy atom. The normalized spacial score (nSPS) is 18.1. The molecule has 1 unspecified atom stereocenters. The molecule has 1 aliphatic rings. The summed E-state index contributed by atoms with van der Waals surface area (Å²) in [5.41, 5.74) is 3.42. The topological polar surface area (TPSA) is 37.6 Å². The molecule has 0 saturated carbocycles. The lowest BCUT2D eigenvalue weighted by Crippen LogP contribution is -2.34. The number of aryl methyl sites for hydroxylation is 1. The summed E-state index contributed by atoms with van der Waals surface area (Å²) in [5.74, 6) is 0.957. The van der Waals surface area contributed by atoms with Crippen LogP contribution in [0.15, 0.2) is 48.7 Å². The SMILES string of the molecule is Cc1nc2ccccn2c1C(=O)N1CCSC(c2ccccc2Cl)CC1. The second-order valence-corrected chi connectivity index (χ2v) is 8.15. The van der Waals surface area contributed by atoms with E-state index in [1.54, 1.807) is 0 Å². The van der Waals surface area contributed by atoms with Crippen molar-refractivity contribution in [3.63, 3.8) is 0 Å². The Balaban J connectivity index is 1.56. The minimum atomic E-state index is 0.0570. The zero-order valence-electron chi connectivity index (χ0n) is 14.6. The standard InChI is InChI=1S/C20H20ClN3OS/c1-14-19(24-10-5-4-8-18(24)22-14)20(25)23-11-9-17(26-13-12-23)15-6-2-3-7-16(15)21/h2-8,10,17H,9,11-13H2,1H3. The molecule has 134 valence electrons. The predicted molar refractivity (Wildman–Crippen MR) is 107 cm³/mol. The first-order valence-corrected chi connectivity index (χ1v) is 10.2. The van der Waals surface area contributed by atoms with Crippen LogP contribution in [-0.4, -0.2) is 39.0 Å². The molecule has 1 aromatic carbocycles. The van der Waals surface area contributed by atoms with Crippen LogP contribution in [0.2, 0.25) is 5.02 Å². The van der Waals surface area contributed by atoms with E-state index in [0.717, 1.165) is 41.6 Å². The number of aromatic nitrogens is 2. The van der Waals surface area contributed by atoms with Crippen LogP contribution in [0, 0.1) is 6.92 Å². The van der Waals surface area contributed by atoms with E-state index in [2.05, 4.69) is 11.1 Å². The lowest BCUT2D eigenvalue weighted by Gasteiger charge is -2.20. The van der Waals surface area contributed by atoms with E-state index in [9.17, 15) is 4.79 Å². The number of amides is 1. The van der Waals surface area contributed by atoms with Crippen molar-refractivity contribution < 1.29 is 4.79 Å². The van der Waals surface area contributed by atoms with E-state index in [-0.39, 0.29) is 5.91 Å². The van der Waals surface area contributed by atoms with Gasteiger partial charge in [0, 0.05) is 35.3 Å². The van der Waals surface area contributed by atoms with Crippen molar-refractivity contribution >= 4 is 34.9 Å². The van der Waals surface area contributed by atoms with Gasteiger partial charge in [-0.05, 0) is 37.1 Å². The molecule has 3 aromatic rings. The molecule has 1 fully saturated rings. The van der Waals surface area contributed by atoms with Gasteiger partial charge < -0.3 is 4.90 Å². The maximum Gasteiger partial charge on any atom is 0.272 e. The molecule has 4 nitrogen and oxygen atoms in total. The number of imidazole rings is 1. The smallest absolute Gasteiger partial charge is 0.272 e. The zero-order valence-corrected chi connectivity index (χ0v) is 16.1. The molecule has 0 bridgehead atoms. The third-order valence-electron chi connectivity index (χ3n) is 4.79. The Hall–Kier alpha value is -1.98. The molecule has 26 heavy (non-hydrogen) atoms. The summed E-state index contributed by atoms with van der Waals surface area (Å²) in [7, 11) is 0. The zero-order chi connectivity index (χ0) is 18.1. The Morgan fingerprint density at radius 3 is 2.85 bits per heavy atom. The van der Waals surface area contributed by atoms with Gasteiger partial charge in [-0.25, -0.2) is 4.98 Å². The molecule has 1 amide bonds. The van der Waals surface area contributed by atoms with E-state index >= 15 is 0 Å². The molecular formula is C20H20ClN3OS. The Labute approximate surface area is 162 Å². The van der Waals surface area contributed by atoms with Crippen molar-refractivity contribution in [2.24, 2.45) is 0 Å². The molecule has 0 aliphatic carbocycles. The lowest BCUT2D eigenvalue weighted by molar-refractivity contribution is 0.0759. The van der Waals surface area contributed by atoms with E-state index < -0.39 is 0 Å². The molecule has 1 aliphatic heterocycles. The fraction of sp³-hybridized carbons (Fsp3) is 0.300. The number of hydrogen-bond acceptors (Lipinski definition) is 3. The molecule has 6 heteroatoms. The summed E-state index contributed by atoms with van der Waals surface area (Å²) in [6, 6.07) is 13.8. The molecule has 0 spiro atoms. The highest BCUT2D eigenvalue weighted by Crippen LogP contribution is 2.38. The number of rotatable bonds is 2. The van der Waals surface area contributed by atoms with E-state index in [1.165, 1.54) is 5.56 Å². The number of pyridine rings is 1. The van der Waals surface area contributed by atoms with Crippen molar-refractivity contribution in [3.8, 4) is 0 Å². The van der Waals surface area contributed by atoms with Crippen molar-refractivity contribution in [3.05, 3.63) is 70.6 Å². The van der Waals surface area contributed by atoms with E-state index in [0.29, 0.717) is 10.9 Å². The van der Waals surface area contributed by atoms with Crippen LogP contribution < -0.4 is 0 Å². The molecule has 1 atom stereocenters.